The maximum Gasteiger partial charge on any atom is 0.181 e. The summed E-state index contributed by atoms with van der Waals surface area (Å²) in [5, 5.41) is 4.16. The van der Waals surface area contributed by atoms with Crippen molar-refractivity contribution in [2.24, 2.45) is 0 Å². The van der Waals surface area contributed by atoms with Crippen LogP contribution in [0.5, 0.6) is 0 Å². The summed E-state index contributed by atoms with van der Waals surface area (Å²) in [6, 6.07) is 8.28. The summed E-state index contributed by atoms with van der Waals surface area (Å²) in [5.74, 6) is 0.829. The third-order valence-electron chi connectivity index (χ3n) is 2.88. The Morgan fingerprint density at radius 3 is 2.76 bits per heavy atom. The van der Waals surface area contributed by atoms with Crippen LogP contribution in [0.2, 0.25) is 5.02 Å². The summed E-state index contributed by atoms with van der Waals surface area (Å²) >= 11 is 5.87. The van der Waals surface area contributed by atoms with Crippen LogP contribution >= 0.6 is 11.6 Å². The molecule has 88 valence electrons. The lowest BCUT2D eigenvalue weighted by atomic mass is 10.1. The molecular formula is C13H13ClN2O. The topological polar surface area (TPSA) is 38.1 Å². The first-order valence-corrected chi connectivity index (χ1v) is 6.12. The van der Waals surface area contributed by atoms with Gasteiger partial charge < -0.3 is 9.73 Å². The molecule has 0 spiro atoms. The van der Waals surface area contributed by atoms with E-state index in [1.807, 2.05) is 24.3 Å². The monoisotopic (exact) mass is 248 g/mol. The van der Waals surface area contributed by atoms with Crippen LogP contribution in [0, 0.1) is 0 Å². The first-order valence-electron chi connectivity index (χ1n) is 5.74. The fraction of sp³-hybridized carbons (Fsp3) is 0.308. The van der Waals surface area contributed by atoms with Crippen LogP contribution in [-0.4, -0.2) is 11.0 Å². The highest BCUT2D eigenvalue weighted by Crippen LogP contribution is 2.26. The van der Waals surface area contributed by atoms with E-state index in [1.165, 1.54) is 19.2 Å². The predicted molar refractivity (Wildman–Crippen MR) is 66.8 cm³/mol. The molecule has 0 radical (unpaired) electrons. The van der Waals surface area contributed by atoms with E-state index >= 15 is 0 Å². The van der Waals surface area contributed by atoms with Crippen LogP contribution in [0.3, 0.4) is 0 Å². The van der Waals surface area contributed by atoms with Gasteiger partial charge in [0.15, 0.2) is 12.2 Å². The number of hydrogen-bond acceptors (Lipinski definition) is 3. The van der Waals surface area contributed by atoms with E-state index in [4.69, 9.17) is 16.0 Å². The molecule has 0 unspecified atom stereocenters. The van der Waals surface area contributed by atoms with E-state index in [9.17, 15) is 0 Å². The first kappa shape index (κ1) is 10.8. The zero-order valence-corrected chi connectivity index (χ0v) is 10.1. The lowest BCUT2D eigenvalue weighted by Gasteiger charge is -2.02. The Kier molecular flexibility index (Phi) is 2.87. The molecule has 17 heavy (non-hydrogen) atoms. The van der Waals surface area contributed by atoms with Gasteiger partial charge in [-0.25, -0.2) is 4.98 Å². The summed E-state index contributed by atoms with van der Waals surface area (Å²) in [4.78, 5) is 4.25. The van der Waals surface area contributed by atoms with Crippen LogP contribution in [0.15, 0.2) is 35.1 Å². The molecule has 1 aliphatic rings. The maximum atomic E-state index is 5.87. The number of hydrogen-bond donors (Lipinski definition) is 1. The number of nitrogens with one attached hydrogen (secondary N) is 1. The summed E-state index contributed by atoms with van der Waals surface area (Å²) in [6.45, 7) is 0.763. The third-order valence-corrected chi connectivity index (χ3v) is 3.14. The molecule has 1 aromatic carbocycles. The first-order chi connectivity index (χ1) is 8.33. The van der Waals surface area contributed by atoms with E-state index in [2.05, 4.69) is 10.3 Å². The second-order valence-electron chi connectivity index (χ2n) is 4.29. The zero-order valence-electron chi connectivity index (χ0n) is 9.32. The molecule has 0 saturated heterocycles. The molecular weight excluding hydrogens is 236 g/mol. The molecule has 0 aliphatic heterocycles. The second kappa shape index (κ2) is 4.51. The van der Waals surface area contributed by atoms with Gasteiger partial charge in [-0.3, -0.25) is 0 Å². The van der Waals surface area contributed by atoms with Gasteiger partial charge in [-0.15, -0.1) is 0 Å². The average Bonchev–Trinajstić information content (AvgIpc) is 3.06. The van der Waals surface area contributed by atoms with E-state index < -0.39 is 0 Å². The van der Waals surface area contributed by atoms with Crippen LogP contribution in [0.4, 0.5) is 0 Å². The van der Waals surface area contributed by atoms with Gasteiger partial charge in [0.1, 0.15) is 5.69 Å². The van der Waals surface area contributed by atoms with Crippen molar-refractivity contribution in [2.45, 2.75) is 25.4 Å². The van der Waals surface area contributed by atoms with Crippen molar-refractivity contribution in [2.75, 3.05) is 0 Å². The molecule has 1 aromatic heterocycles. The number of halogens is 1. The second-order valence-corrected chi connectivity index (χ2v) is 4.73. The number of rotatable bonds is 4. The predicted octanol–water partition coefficient (Wildman–Crippen LogP) is 3.25. The number of benzene rings is 1. The minimum Gasteiger partial charge on any atom is -0.443 e. The molecule has 3 rings (SSSR count). The summed E-state index contributed by atoms with van der Waals surface area (Å²) in [5.41, 5.74) is 1.97. The highest BCUT2D eigenvalue weighted by Gasteiger charge is 2.21. The molecule has 1 N–H and O–H groups in total. The van der Waals surface area contributed by atoms with Crippen molar-refractivity contribution in [1.82, 2.24) is 10.3 Å². The Morgan fingerprint density at radius 2 is 2.06 bits per heavy atom. The van der Waals surface area contributed by atoms with Gasteiger partial charge >= 0.3 is 0 Å². The maximum absolute atomic E-state index is 5.87. The molecule has 0 amide bonds. The van der Waals surface area contributed by atoms with E-state index in [0.717, 1.165) is 28.6 Å². The van der Waals surface area contributed by atoms with Crippen LogP contribution in [0.1, 0.15) is 18.5 Å². The number of aromatic nitrogens is 1. The van der Waals surface area contributed by atoms with Crippen molar-refractivity contribution >= 4 is 11.6 Å². The summed E-state index contributed by atoms with van der Waals surface area (Å²) < 4.78 is 5.45. The highest BCUT2D eigenvalue weighted by atomic mass is 35.5. The minimum absolute atomic E-state index is 0.671. The Bertz CT molecular complexity index is 502. The summed E-state index contributed by atoms with van der Waals surface area (Å²) in [6.07, 6.45) is 4.04. The molecule has 3 nitrogen and oxygen atoms in total. The smallest absolute Gasteiger partial charge is 0.181 e. The van der Waals surface area contributed by atoms with Gasteiger partial charge in [-0.05, 0) is 37.1 Å². The molecule has 1 fully saturated rings. The zero-order chi connectivity index (χ0) is 11.7. The van der Waals surface area contributed by atoms with Gasteiger partial charge in [-0.1, -0.05) is 11.6 Å². The highest BCUT2D eigenvalue weighted by molar-refractivity contribution is 6.30. The lowest BCUT2D eigenvalue weighted by molar-refractivity contribution is 0.569. The van der Waals surface area contributed by atoms with Gasteiger partial charge in [0, 0.05) is 23.2 Å². The van der Waals surface area contributed by atoms with Crippen molar-refractivity contribution in [3.63, 3.8) is 0 Å². The number of oxazole rings is 1. The fourth-order valence-electron chi connectivity index (χ4n) is 1.76. The number of nitrogens with zero attached hydrogens (tertiary/aromatic N) is 1. The third kappa shape index (κ3) is 2.51. The molecule has 1 heterocycles. The van der Waals surface area contributed by atoms with Gasteiger partial charge in [0.2, 0.25) is 0 Å². The van der Waals surface area contributed by atoms with Crippen LogP contribution in [-0.2, 0) is 6.54 Å². The fourth-order valence-corrected chi connectivity index (χ4v) is 1.89. The minimum atomic E-state index is 0.671. The van der Waals surface area contributed by atoms with Crippen LogP contribution < -0.4 is 5.32 Å². The van der Waals surface area contributed by atoms with Crippen molar-refractivity contribution in [1.29, 1.82) is 0 Å². The van der Waals surface area contributed by atoms with Gasteiger partial charge in [0.05, 0.1) is 0 Å². The molecule has 4 heteroatoms. The molecule has 0 atom stereocenters. The Hall–Kier alpha value is -1.32. The SMILES string of the molecule is Clc1ccc(-c2ocnc2CNC2CC2)cc1. The molecule has 2 aromatic rings. The van der Waals surface area contributed by atoms with E-state index in [-0.39, 0.29) is 0 Å². The lowest BCUT2D eigenvalue weighted by Crippen LogP contribution is -2.15. The van der Waals surface area contributed by atoms with Crippen molar-refractivity contribution < 1.29 is 4.42 Å². The average molecular weight is 249 g/mol. The molecule has 1 saturated carbocycles. The van der Waals surface area contributed by atoms with Crippen LogP contribution in [0.25, 0.3) is 11.3 Å². The quantitative estimate of drug-likeness (QED) is 0.903. The van der Waals surface area contributed by atoms with E-state index in [1.54, 1.807) is 0 Å². The Balaban J connectivity index is 1.81. The molecule has 0 bridgehead atoms. The standard InChI is InChI=1S/C13H13ClN2O/c14-10-3-1-9(2-4-10)13-12(16-8-17-13)7-15-11-5-6-11/h1-4,8,11,15H,5-7H2. The normalized spacial score (nSPS) is 15.1. The Labute approximate surface area is 105 Å². The Morgan fingerprint density at radius 1 is 1.29 bits per heavy atom. The van der Waals surface area contributed by atoms with Crippen molar-refractivity contribution in [3.8, 4) is 11.3 Å². The largest absolute Gasteiger partial charge is 0.443 e. The summed E-state index contributed by atoms with van der Waals surface area (Å²) in [7, 11) is 0. The van der Waals surface area contributed by atoms with E-state index in [0.29, 0.717) is 6.04 Å². The van der Waals surface area contributed by atoms with Gasteiger partial charge in [-0.2, -0.15) is 0 Å². The van der Waals surface area contributed by atoms with Crippen molar-refractivity contribution in [3.05, 3.63) is 41.4 Å². The van der Waals surface area contributed by atoms with Gasteiger partial charge in [0.25, 0.3) is 0 Å². The molecule has 1 aliphatic carbocycles.